The maximum atomic E-state index is 11.6. The molecule has 110 valence electrons. The standard InChI is InChI=1S/C15H27NO3/c1-3-19-15(18)10-16-8-4-5-13(16)12-9-11(2)6-7-14(12)17/h11-14,17H,3-10H2,1-2H3/t11-,12-,13+,14+/m0/s1. The second kappa shape index (κ2) is 6.71. The van der Waals surface area contributed by atoms with E-state index in [1.54, 1.807) is 0 Å². The highest BCUT2D eigenvalue weighted by Crippen LogP contribution is 2.36. The molecular formula is C15H27NO3. The molecule has 2 fully saturated rings. The summed E-state index contributed by atoms with van der Waals surface area (Å²) < 4.78 is 5.04. The van der Waals surface area contributed by atoms with Crippen LogP contribution in [0.15, 0.2) is 0 Å². The molecule has 0 unspecified atom stereocenters. The first-order chi connectivity index (χ1) is 9.11. The molecule has 2 aliphatic rings. The molecule has 0 spiro atoms. The normalized spacial score (nSPS) is 36.4. The first kappa shape index (κ1) is 14.8. The zero-order valence-corrected chi connectivity index (χ0v) is 12.2. The van der Waals surface area contributed by atoms with Crippen LogP contribution in [0, 0.1) is 11.8 Å². The molecule has 0 aromatic heterocycles. The molecule has 2 rings (SSSR count). The number of hydrogen-bond donors (Lipinski definition) is 1. The fourth-order valence-electron chi connectivity index (χ4n) is 3.73. The Labute approximate surface area is 116 Å². The molecule has 4 heteroatoms. The first-order valence-electron chi connectivity index (χ1n) is 7.69. The van der Waals surface area contributed by atoms with Gasteiger partial charge in [0, 0.05) is 12.0 Å². The van der Waals surface area contributed by atoms with E-state index in [0.717, 1.165) is 38.6 Å². The predicted octanol–water partition coefficient (Wildman–Crippen LogP) is 1.81. The first-order valence-corrected chi connectivity index (χ1v) is 7.69. The summed E-state index contributed by atoms with van der Waals surface area (Å²) in [6.07, 6.45) is 5.17. The van der Waals surface area contributed by atoms with Crippen molar-refractivity contribution in [3.8, 4) is 0 Å². The van der Waals surface area contributed by atoms with Gasteiger partial charge in [-0.3, -0.25) is 9.69 Å². The molecule has 0 aromatic carbocycles. The minimum Gasteiger partial charge on any atom is -0.465 e. The largest absolute Gasteiger partial charge is 0.465 e. The van der Waals surface area contributed by atoms with Crippen LogP contribution >= 0.6 is 0 Å². The number of carbonyl (C=O) groups excluding carboxylic acids is 1. The summed E-state index contributed by atoms with van der Waals surface area (Å²) in [5.74, 6) is 0.895. The summed E-state index contributed by atoms with van der Waals surface area (Å²) in [5.41, 5.74) is 0. The summed E-state index contributed by atoms with van der Waals surface area (Å²) >= 11 is 0. The van der Waals surface area contributed by atoms with Gasteiger partial charge in [-0.2, -0.15) is 0 Å². The topological polar surface area (TPSA) is 49.8 Å². The third kappa shape index (κ3) is 3.69. The zero-order chi connectivity index (χ0) is 13.8. The van der Waals surface area contributed by atoms with Gasteiger partial charge in [-0.25, -0.2) is 0 Å². The molecule has 1 heterocycles. The molecule has 1 aliphatic heterocycles. The zero-order valence-electron chi connectivity index (χ0n) is 12.2. The Hall–Kier alpha value is -0.610. The Balaban J connectivity index is 1.95. The summed E-state index contributed by atoms with van der Waals surface area (Å²) in [6.45, 7) is 5.90. The molecule has 1 N–H and O–H groups in total. The Kier molecular flexibility index (Phi) is 5.22. The number of hydrogen-bond acceptors (Lipinski definition) is 4. The van der Waals surface area contributed by atoms with Crippen molar-refractivity contribution in [2.75, 3.05) is 19.7 Å². The van der Waals surface area contributed by atoms with Crippen LogP contribution < -0.4 is 0 Å². The van der Waals surface area contributed by atoms with E-state index in [1.165, 1.54) is 0 Å². The molecule has 0 radical (unpaired) electrons. The van der Waals surface area contributed by atoms with Crippen LogP contribution in [0.2, 0.25) is 0 Å². The van der Waals surface area contributed by atoms with Crippen molar-refractivity contribution in [1.29, 1.82) is 0 Å². The minimum atomic E-state index is -0.191. The van der Waals surface area contributed by atoms with Crippen LogP contribution in [-0.4, -0.2) is 47.8 Å². The second-order valence-corrected chi connectivity index (χ2v) is 6.13. The van der Waals surface area contributed by atoms with E-state index >= 15 is 0 Å². The van der Waals surface area contributed by atoms with Gasteiger partial charge in [-0.1, -0.05) is 6.92 Å². The molecule has 19 heavy (non-hydrogen) atoms. The van der Waals surface area contributed by atoms with E-state index in [2.05, 4.69) is 11.8 Å². The maximum absolute atomic E-state index is 11.6. The van der Waals surface area contributed by atoms with E-state index in [0.29, 0.717) is 31.0 Å². The molecule has 4 atom stereocenters. The smallest absolute Gasteiger partial charge is 0.320 e. The number of nitrogens with zero attached hydrogens (tertiary/aromatic N) is 1. The molecular weight excluding hydrogens is 242 g/mol. The fraction of sp³-hybridized carbons (Fsp3) is 0.933. The molecule has 0 bridgehead atoms. The lowest BCUT2D eigenvalue weighted by atomic mass is 9.76. The van der Waals surface area contributed by atoms with Crippen molar-refractivity contribution < 1.29 is 14.6 Å². The van der Waals surface area contributed by atoms with Gasteiger partial charge in [0.2, 0.25) is 0 Å². The van der Waals surface area contributed by atoms with E-state index in [1.807, 2.05) is 6.92 Å². The third-order valence-electron chi connectivity index (χ3n) is 4.67. The van der Waals surface area contributed by atoms with E-state index in [4.69, 9.17) is 4.74 Å². The molecule has 1 saturated heterocycles. The number of likely N-dealkylation sites (tertiary alicyclic amines) is 1. The van der Waals surface area contributed by atoms with Crippen LogP contribution in [-0.2, 0) is 9.53 Å². The summed E-state index contributed by atoms with van der Waals surface area (Å²) in [4.78, 5) is 13.9. The highest BCUT2D eigenvalue weighted by atomic mass is 16.5. The van der Waals surface area contributed by atoms with Gasteiger partial charge < -0.3 is 9.84 Å². The molecule has 0 amide bonds. The number of aliphatic hydroxyl groups excluding tert-OH is 1. The van der Waals surface area contributed by atoms with Crippen LogP contribution in [0.5, 0.6) is 0 Å². The van der Waals surface area contributed by atoms with Gasteiger partial charge in [0.15, 0.2) is 0 Å². The molecule has 1 aliphatic carbocycles. The average Bonchev–Trinajstić information content (AvgIpc) is 2.80. The third-order valence-corrected chi connectivity index (χ3v) is 4.67. The van der Waals surface area contributed by atoms with Crippen molar-refractivity contribution in [3.63, 3.8) is 0 Å². The predicted molar refractivity (Wildman–Crippen MR) is 73.7 cm³/mol. The lowest BCUT2D eigenvalue weighted by Crippen LogP contribution is -2.45. The number of ether oxygens (including phenoxy) is 1. The van der Waals surface area contributed by atoms with Crippen LogP contribution in [0.4, 0.5) is 0 Å². The highest BCUT2D eigenvalue weighted by Gasteiger charge is 2.39. The van der Waals surface area contributed by atoms with Crippen molar-refractivity contribution in [3.05, 3.63) is 0 Å². The van der Waals surface area contributed by atoms with Crippen LogP contribution in [0.3, 0.4) is 0 Å². The monoisotopic (exact) mass is 269 g/mol. The quantitative estimate of drug-likeness (QED) is 0.791. The number of esters is 1. The molecule has 1 saturated carbocycles. The van der Waals surface area contributed by atoms with Gasteiger partial charge >= 0.3 is 5.97 Å². The Bertz CT molecular complexity index is 308. The molecule has 4 nitrogen and oxygen atoms in total. The van der Waals surface area contributed by atoms with E-state index < -0.39 is 0 Å². The maximum Gasteiger partial charge on any atom is 0.320 e. The van der Waals surface area contributed by atoms with Crippen molar-refractivity contribution in [2.45, 2.75) is 58.1 Å². The number of rotatable bonds is 4. The minimum absolute atomic E-state index is 0.132. The Morgan fingerprint density at radius 1 is 1.37 bits per heavy atom. The Morgan fingerprint density at radius 2 is 2.16 bits per heavy atom. The Morgan fingerprint density at radius 3 is 2.89 bits per heavy atom. The number of aliphatic hydroxyl groups is 1. The van der Waals surface area contributed by atoms with E-state index in [9.17, 15) is 9.90 Å². The number of carbonyl (C=O) groups is 1. The molecule has 0 aromatic rings. The van der Waals surface area contributed by atoms with Crippen molar-refractivity contribution >= 4 is 5.97 Å². The van der Waals surface area contributed by atoms with Gasteiger partial charge in [0.05, 0.1) is 19.3 Å². The van der Waals surface area contributed by atoms with Crippen molar-refractivity contribution in [1.82, 2.24) is 4.90 Å². The highest BCUT2D eigenvalue weighted by molar-refractivity contribution is 5.71. The average molecular weight is 269 g/mol. The summed E-state index contributed by atoms with van der Waals surface area (Å²) in [5, 5.41) is 10.3. The summed E-state index contributed by atoms with van der Waals surface area (Å²) in [7, 11) is 0. The fourth-order valence-corrected chi connectivity index (χ4v) is 3.73. The lowest BCUT2D eigenvalue weighted by Gasteiger charge is -2.39. The van der Waals surface area contributed by atoms with Crippen molar-refractivity contribution in [2.24, 2.45) is 11.8 Å². The second-order valence-electron chi connectivity index (χ2n) is 6.13. The van der Waals surface area contributed by atoms with Gasteiger partial charge in [0.25, 0.3) is 0 Å². The van der Waals surface area contributed by atoms with Gasteiger partial charge in [-0.05, 0) is 51.5 Å². The van der Waals surface area contributed by atoms with Crippen LogP contribution in [0.1, 0.15) is 46.0 Å². The van der Waals surface area contributed by atoms with E-state index in [-0.39, 0.29) is 12.1 Å². The van der Waals surface area contributed by atoms with Gasteiger partial charge in [0.1, 0.15) is 0 Å². The van der Waals surface area contributed by atoms with Crippen LogP contribution in [0.25, 0.3) is 0 Å². The summed E-state index contributed by atoms with van der Waals surface area (Å²) in [6, 6.07) is 0.363. The SMILES string of the molecule is CCOC(=O)CN1CCC[C@@H]1[C@@H]1C[C@@H](C)CC[C@H]1O. The van der Waals surface area contributed by atoms with Gasteiger partial charge in [-0.15, -0.1) is 0 Å². The lowest BCUT2D eigenvalue weighted by molar-refractivity contribution is -0.145.